The van der Waals surface area contributed by atoms with Crippen molar-refractivity contribution in [1.82, 2.24) is 0 Å². The number of carbonyl (C=O) groups excluding carboxylic acids is 3. The average molecular weight is 336 g/mol. The Balaban J connectivity index is 1.88. The molecule has 0 atom stereocenters. The lowest BCUT2D eigenvalue weighted by atomic mass is 10.1. The highest BCUT2D eigenvalue weighted by Gasteiger charge is 2.27. The molecule has 0 spiro atoms. The van der Waals surface area contributed by atoms with E-state index < -0.39 is 11.8 Å². The summed E-state index contributed by atoms with van der Waals surface area (Å²) in [4.78, 5) is 35.7. The molecule has 7 heteroatoms. The van der Waals surface area contributed by atoms with Crippen LogP contribution >= 0.6 is 0 Å². The van der Waals surface area contributed by atoms with E-state index in [0.717, 1.165) is 16.8 Å². The number of amides is 3. The standard InChI is InChI=1S/C18H13N3O4/c1-25-15-8-3-2-7-14(15)19-18(24)12-5-4-6-13(11-12)21-17(23)10-9-16(22)20-21/h2-11H,1H3/p+1. The van der Waals surface area contributed by atoms with Crippen molar-refractivity contribution in [2.24, 2.45) is 5.11 Å². The van der Waals surface area contributed by atoms with Crippen LogP contribution in [-0.2, 0) is 9.59 Å². The first-order chi connectivity index (χ1) is 12.1. The molecule has 0 bridgehead atoms. The van der Waals surface area contributed by atoms with Gasteiger partial charge in [-0.15, -0.1) is 0 Å². The topological polar surface area (TPSA) is 87.8 Å². The molecule has 1 N–H and O–H groups in total. The number of rotatable bonds is 4. The van der Waals surface area contributed by atoms with Crippen LogP contribution in [0.25, 0.3) is 0 Å². The zero-order valence-corrected chi connectivity index (χ0v) is 13.3. The Morgan fingerprint density at radius 2 is 1.88 bits per heavy atom. The van der Waals surface area contributed by atoms with Crippen molar-refractivity contribution in [2.45, 2.75) is 0 Å². The summed E-state index contributed by atoms with van der Waals surface area (Å²) in [5.41, 5.74) is 1.17. The normalized spacial score (nSPS) is 13.4. The van der Waals surface area contributed by atoms with E-state index in [1.165, 1.54) is 13.2 Å². The maximum Gasteiger partial charge on any atom is 0.443 e. The Bertz CT molecular complexity index is 931. The quantitative estimate of drug-likeness (QED) is 0.870. The van der Waals surface area contributed by atoms with Crippen molar-refractivity contribution >= 4 is 29.1 Å². The number of anilines is 1. The SMILES string of the molecule is COc1ccccc1NC(=O)c1cccc([N+]2=NC(=O)C=CC2=O)c1. The largest absolute Gasteiger partial charge is 0.495 e. The van der Waals surface area contributed by atoms with E-state index in [1.807, 2.05) is 0 Å². The molecule has 0 saturated heterocycles. The van der Waals surface area contributed by atoms with Crippen LogP contribution in [0.4, 0.5) is 11.4 Å². The van der Waals surface area contributed by atoms with Crippen LogP contribution in [0.2, 0.25) is 0 Å². The third-order valence-electron chi connectivity index (χ3n) is 3.48. The average Bonchev–Trinajstić information content (AvgIpc) is 2.64. The van der Waals surface area contributed by atoms with Crippen molar-refractivity contribution in [1.29, 1.82) is 0 Å². The van der Waals surface area contributed by atoms with E-state index in [0.29, 0.717) is 22.7 Å². The summed E-state index contributed by atoms with van der Waals surface area (Å²) in [7, 11) is 1.51. The second-order valence-corrected chi connectivity index (χ2v) is 5.13. The molecule has 25 heavy (non-hydrogen) atoms. The van der Waals surface area contributed by atoms with Crippen LogP contribution in [-0.4, -0.2) is 29.5 Å². The van der Waals surface area contributed by atoms with Crippen LogP contribution in [0.3, 0.4) is 0 Å². The molecule has 0 radical (unpaired) electrons. The molecule has 2 aromatic rings. The van der Waals surface area contributed by atoms with Gasteiger partial charge in [-0.05, 0) is 22.9 Å². The Hall–Kier alpha value is -3.61. The summed E-state index contributed by atoms with van der Waals surface area (Å²) >= 11 is 0. The molecule has 1 aliphatic heterocycles. The predicted molar refractivity (Wildman–Crippen MR) is 88.9 cm³/mol. The number of azo groups is 2. The van der Waals surface area contributed by atoms with E-state index in [1.54, 1.807) is 42.5 Å². The summed E-state index contributed by atoms with van der Waals surface area (Å²) < 4.78 is 6.16. The second-order valence-electron chi connectivity index (χ2n) is 5.13. The van der Waals surface area contributed by atoms with Gasteiger partial charge in [-0.25, -0.2) is 4.79 Å². The molecule has 3 rings (SSSR count). The van der Waals surface area contributed by atoms with E-state index in [2.05, 4.69) is 10.4 Å². The molecule has 3 amide bonds. The van der Waals surface area contributed by atoms with Crippen LogP contribution in [0.1, 0.15) is 10.4 Å². The van der Waals surface area contributed by atoms with Crippen molar-refractivity contribution in [3.05, 3.63) is 66.2 Å². The van der Waals surface area contributed by atoms with Crippen molar-refractivity contribution in [3.63, 3.8) is 0 Å². The molecule has 0 fully saturated rings. The van der Waals surface area contributed by atoms with Gasteiger partial charge in [0.25, 0.3) is 5.91 Å². The van der Waals surface area contributed by atoms with Gasteiger partial charge in [0, 0.05) is 23.8 Å². The summed E-state index contributed by atoms with van der Waals surface area (Å²) in [6.45, 7) is 0. The van der Waals surface area contributed by atoms with Crippen LogP contribution in [0.5, 0.6) is 5.75 Å². The third-order valence-corrected chi connectivity index (χ3v) is 3.48. The number of hydrogen-bond acceptors (Lipinski definition) is 4. The lowest BCUT2D eigenvalue weighted by Crippen LogP contribution is -2.18. The minimum absolute atomic E-state index is 0.313. The molecule has 0 saturated carbocycles. The molecule has 0 aromatic heterocycles. The third kappa shape index (κ3) is 3.50. The summed E-state index contributed by atoms with van der Waals surface area (Å²) in [6, 6.07) is 13.3. The maximum atomic E-state index is 12.5. The smallest absolute Gasteiger partial charge is 0.443 e. The number of carbonyl (C=O) groups is 3. The summed E-state index contributed by atoms with van der Waals surface area (Å²) in [5, 5.41) is 6.40. The molecular weight excluding hydrogens is 322 g/mol. The van der Waals surface area contributed by atoms with Gasteiger partial charge >= 0.3 is 11.8 Å². The molecular formula is C18H14N3O4+. The highest BCUT2D eigenvalue weighted by Crippen LogP contribution is 2.24. The van der Waals surface area contributed by atoms with Gasteiger partial charge in [0.1, 0.15) is 5.75 Å². The monoisotopic (exact) mass is 336 g/mol. The minimum atomic E-state index is -0.538. The first kappa shape index (κ1) is 16.3. The van der Waals surface area contributed by atoms with Gasteiger partial charge in [0.2, 0.25) is 5.69 Å². The number of hydrogen-bond donors (Lipinski definition) is 1. The number of benzene rings is 2. The number of para-hydroxylation sites is 2. The number of ether oxygens (including phenoxy) is 1. The molecule has 0 unspecified atom stereocenters. The van der Waals surface area contributed by atoms with Gasteiger partial charge < -0.3 is 10.1 Å². The Labute approximate surface area is 143 Å². The lowest BCUT2D eigenvalue weighted by molar-refractivity contribution is -0.425. The summed E-state index contributed by atoms with van der Waals surface area (Å²) in [6.07, 6.45) is 2.23. The van der Waals surface area contributed by atoms with E-state index in [9.17, 15) is 14.4 Å². The Kier molecular flexibility index (Phi) is 4.47. The first-order valence-electron chi connectivity index (χ1n) is 7.40. The number of nitrogens with zero attached hydrogens (tertiary/aromatic N) is 2. The first-order valence-corrected chi connectivity index (χ1v) is 7.40. The van der Waals surface area contributed by atoms with Crippen LogP contribution < -0.4 is 10.1 Å². The predicted octanol–water partition coefficient (Wildman–Crippen LogP) is 2.67. The lowest BCUT2D eigenvalue weighted by Gasteiger charge is -2.09. The zero-order chi connectivity index (χ0) is 17.8. The molecule has 124 valence electrons. The Morgan fingerprint density at radius 1 is 1.08 bits per heavy atom. The van der Waals surface area contributed by atoms with Crippen LogP contribution in [0.15, 0.2) is 65.8 Å². The fraction of sp³-hybridized carbons (Fsp3) is 0.0556. The fourth-order valence-corrected chi connectivity index (χ4v) is 2.30. The number of nitrogens with one attached hydrogen (secondary N) is 1. The zero-order valence-electron chi connectivity index (χ0n) is 13.3. The van der Waals surface area contributed by atoms with Gasteiger partial charge in [-0.1, -0.05) is 18.2 Å². The van der Waals surface area contributed by atoms with Gasteiger partial charge in [0.05, 0.1) is 24.0 Å². The molecule has 7 nitrogen and oxygen atoms in total. The molecule has 1 aliphatic rings. The highest BCUT2D eigenvalue weighted by molar-refractivity contribution is 6.05. The molecule has 0 aliphatic carbocycles. The van der Waals surface area contributed by atoms with Crippen molar-refractivity contribution < 1.29 is 23.8 Å². The maximum absolute atomic E-state index is 12.5. The van der Waals surface area contributed by atoms with E-state index in [-0.39, 0.29) is 5.91 Å². The molecule has 1 heterocycles. The fourth-order valence-electron chi connectivity index (χ4n) is 2.30. The van der Waals surface area contributed by atoms with Gasteiger partial charge in [-0.2, -0.15) is 0 Å². The van der Waals surface area contributed by atoms with Crippen molar-refractivity contribution in [3.8, 4) is 5.75 Å². The second kappa shape index (κ2) is 6.88. The van der Waals surface area contributed by atoms with Gasteiger partial charge in [-0.3, -0.25) is 9.59 Å². The van der Waals surface area contributed by atoms with E-state index >= 15 is 0 Å². The number of methoxy groups -OCH3 is 1. The minimum Gasteiger partial charge on any atom is -0.495 e. The molecule has 2 aromatic carbocycles. The Morgan fingerprint density at radius 3 is 2.68 bits per heavy atom. The van der Waals surface area contributed by atoms with E-state index in [4.69, 9.17) is 4.74 Å². The van der Waals surface area contributed by atoms with Crippen LogP contribution in [0, 0.1) is 0 Å². The summed E-state index contributed by atoms with van der Waals surface area (Å²) in [5.74, 6) is -0.841. The van der Waals surface area contributed by atoms with Crippen molar-refractivity contribution in [2.75, 3.05) is 12.4 Å². The van der Waals surface area contributed by atoms with Gasteiger partial charge in [0.15, 0.2) is 0 Å². The highest BCUT2D eigenvalue weighted by atomic mass is 16.5.